The molecule has 0 aliphatic rings. The Balaban J connectivity index is 2.96. The van der Waals surface area contributed by atoms with Crippen molar-refractivity contribution in [2.24, 2.45) is 0 Å². The second-order valence-corrected chi connectivity index (χ2v) is 8.15. The molecule has 0 saturated carbocycles. The lowest BCUT2D eigenvalue weighted by atomic mass is 9.80. The molecule has 0 aliphatic carbocycles. The van der Waals surface area contributed by atoms with Crippen LogP contribution in [0.4, 0.5) is 0 Å². The van der Waals surface area contributed by atoms with Crippen molar-refractivity contribution in [1.82, 2.24) is 5.32 Å². The van der Waals surface area contributed by atoms with Crippen LogP contribution < -0.4 is 10.1 Å². The largest absolute Gasteiger partial charge is 0.483 e. The molecule has 2 N–H and O–H groups in total. The summed E-state index contributed by atoms with van der Waals surface area (Å²) < 4.78 is 5.74. The molecule has 0 aliphatic heterocycles. The van der Waals surface area contributed by atoms with Gasteiger partial charge in [-0.2, -0.15) is 0 Å². The first-order valence-corrected chi connectivity index (χ1v) is 8.13. The fraction of sp³-hybridized carbons (Fsp3) is 0.632. The molecule has 0 bridgehead atoms. The van der Waals surface area contributed by atoms with Crippen LogP contribution in [0.1, 0.15) is 59.6 Å². The predicted octanol–water partition coefficient (Wildman–Crippen LogP) is 3.16. The molecule has 0 saturated heterocycles. The lowest BCUT2D eigenvalue weighted by Crippen LogP contribution is -2.38. The SMILES string of the molecule is CC(CO)NC(=O)COc1ccc(C(C)(C)C)cc1C(C)(C)C. The summed E-state index contributed by atoms with van der Waals surface area (Å²) in [6, 6.07) is 5.91. The highest BCUT2D eigenvalue weighted by Gasteiger charge is 2.23. The fourth-order valence-electron chi connectivity index (χ4n) is 2.21. The maximum Gasteiger partial charge on any atom is 0.258 e. The normalized spacial score (nSPS) is 13.6. The molecule has 0 spiro atoms. The number of carbonyl (C=O) groups is 1. The van der Waals surface area contributed by atoms with E-state index in [4.69, 9.17) is 9.84 Å². The molecule has 0 heterocycles. The van der Waals surface area contributed by atoms with Crippen molar-refractivity contribution in [2.75, 3.05) is 13.2 Å². The summed E-state index contributed by atoms with van der Waals surface area (Å²) in [4.78, 5) is 11.8. The average molecular weight is 321 g/mol. The number of hydrogen-bond acceptors (Lipinski definition) is 3. The number of ether oxygens (including phenoxy) is 1. The van der Waals surface area contributed by atoms with E-state index < -0.39 is 0 Å². The minimum absolute atomic E-state index is 0.0533. The first-order chi connectivity index (χ1) is 10.4. The minimum Gasteiger partial charge on any atom is -0.483 e. The van der Waals surface area contributed by atoms with Crippen LogP contribution in [0.2, 0.25) is 0 Å². The van der Waals surface area contributed by atoms with Gasteiger partial charge in [-0.15, -0.1) is 0 Å². The van der Waals surface area contributed by atoms with Crippen molar-refractivity contribution in [3.63, 3.8) is 0 Å². The lowest BCUT2D eigenvalue weighted by molar-refractivity contribution is -0.124. The highest BCUT2D eigenvalue weighted by molar-refractivity contribution is 5.77. The Morgan fingerprint density at radius 2 is 1.78 bits per heavy atom. The van der Waals surface area contributed by atoms with Gasteiger partial charge in [-0.3, -0.25) is 4.79 Å². The fourth-order valence-corrected chi connectivity index (χ4v) is 2.21. The van der Waals surface area contributed by atoms with Gasteiger partial charge in [0.05, 0.1) is 6.61 Å². The van der Waals surface area contributed by atoms with Crippen molar-refractivity contribution in [3.8, 4) is 5.75 Å². The molecule has 1 amide bonds. The molecule has 0 aromatic heterocycles. The van der Waals surface area contributed by atoms with Crippen LogP contribution in [0.15, 0.2) is 18.2 Å². The smallest absolute Gasteiger partial charge is 0.258 e. The van der Waals surface area contributed by atoms with Crippen molar-refractivity contribution < 1.29 is 14.6 Å². The van der Waals surface area contributed by atoms with Gasteiger partial charge in [0.2, 0.25) is 0 Å². The van der Waals surface area contributed by atoms with E-state index in [0.717, 1.165) is 11.3 Å². The summed E-state index contributed by atoms with van der Waals surface area (Å²) in [6.07, 6.45) is 0. The van der Waals surface area contributed by atoms with Crippen LogP contribution in [0.25, 0.3) is 0 Å². The van der Waals surface area contributed by atoms with Crippen LogP contribution in [0.3, 0.4) is 0 Å². The third-order valence-corrected chi connectivity index (χ3v) is 3.69. The van der Waals surface area contributed by atoms with Gasteiger partial charge in [-0.25, -0.2) is 0 Å². The van der Waals surface area contributed by atoms with Gasteiger partial charge in [0.1, 0.15) is 5.75 Å². The maximum atomic E-state index is 11.8. The van der Waals surface area contributed by atoms with E-state index in [2.05, 4.69) is 59.0 Å². The quantitative estimate of drug-likeness (QED) is 0.876. The van der Waals surface area contributed by atoms with Gasteiger partial charge < -0.3 is 15.2 Å². The zero-order chi connectivity index (χ0) is 17.8. The minimum atomic E-state index is -0.267. The number of rotatable bonds is 5. The number of benzene rings is 1. The topological polar surface area (TPSA) is 58.6 Å². The monoisotopic (exact) mass is 321 g/mol. The van der Waals surface area contributed by atoms with E-state index in [-0.39, 0.29) is 36.0 Å². The van der Waals surface area contributed by atoms with Crippen LogP contribution in [0.5, 0.6) is 5.75 Å². The molecule has 0 fully saturated rings. The Bertz CT molecular complexity index is 539. The summed E-state index contributed by atoms with van der Waals surface area (Å²) in [5.74, 6) is 0.503. The molecule has 1 aromatic rings. The first-order valence-electron chi connectivity index (χ1n) is 8.13. The van der Waals surface area contributed by atoms with Crippen molar-refractivity contribution in [2.45, 2.75) is 65.3 Å². The Hall–Kier alpha value is -1.55. The van der Waals surface area contributed by atoms with E-state index in [1.807, 2.05) is 6.07 Å². The van der Waals surface area contributed by atoms with Gasteiger partial charge in [0, 0.05) is 6.04 Å². The van der Waals surface area contributed by atoms with Crippen molar-refractivity contribution >= 4 is 5.91 Å². The third kappa shape index (κ3) is 5.87. The molecule has 23 heavy (non-hydrogen) atoms. The molecule has 0 radical (unpaired) electrons. The second kappa shape index (κ2) is 7.35. The molecule has 4 heteroatoms. The standard InChI is InChI=1S/C19H31NO3/c1-13(11-21)20-17(22)12-23-16-9-8-14(18(2,3)4)10-15(16)19(5,6)7/h8-10,13,21H,11-12H2,1-7H3,(H,20,22). The van der Waals surface area contributed by atoms with E-state index in [1.165, 1.54) is 5.56 Å². The highest BCUT2D eigenvalue weighted by Crippen LogP contribution is 2.35. The number of aliphatic hydroxyl groups is 1. The first kappa shape index (κ1) is 19.5. The summed E-state index contributed by atoms with van der Waals surface area (Å²) in [5, 5.41) is 11.7. The van der Waals surface area contributed by atoms with E-state index in [9.17, 15) is 4.79 Å². The van der Waals surface area contributed by atoms with Crippen LogP contribution in [-0.2, 0) is 15.6 Å². The highest BCUT2D eigenvalue weighted by atomic mass is 16.5. The van der Waals surface area contributed by atoms with Crippen LogP contribution in [0, 0.1) is 0 Å². The molecule has 130 valence electrons. The van der Waals surface area contributed by atoms with Crippen LogP contribution >= 0.6 is 0 Å². The molecule has 1 unspecified atom stereocenters. The average Bonchev–Trinajstić information content (AvgIpc) is 2.42. The molecular weight excluding hydrogens is 290 g/mol. The molecular formula is C19H31NO3. The lowest BCUT2D eigenvalue weighted by Gasteiger charge is -2.27. The maximum absolute atomic E-state index is 11.8. The second-order valence-electron chi connectivity index (χ2n) is 8.15. The predicted molar refractivity (Wildman–Crippen MR) is 94.0 cm³/mol. The zero-order valence-corrected chi connectivity index (χ0v) is 15.5. The number of aliphatic hydroxyl groups excluding tert-OH is 1. The van der Waals surface area contributed by atoms with E-state index in [0.29, 0.717) is 0 Å². The number of hydrogen-bond donors (Lipinski definition) is 2. The Labute approximate surface area is 140 Å². The Kier molecular flexibility index (Phi) is 6.23. The summed E-state index contributed by atoms with van der Waals surface area (Å²) in [7, 11) is 0. The van der Waals surface area contributed by atoms with Gasteiger partial charge >= 0.3 is 0 Å². The van der Waals surface area contributed by atoms with E-state index in [1.54, 1.807) is 6.92 Å². The number of carbonyl (C=O) groups excluding carboxylic acids is 1. The van der Waals surface area contributed by atoms with Crippen molar-refractivity contribution in [3.05, 3.63) is 29.3 Å². The molecule has 1 rings (SSSR count). The Morgan fingerprint density at radius 3 is 2.26 bits per heavy atom. The van der Waals surface area contributed by atoms with Gasteiger partial charge in [0.25, 0.3) is 5.91 Å². The van der Waals surface area contributed by atoms with E-state index >= 15 is 0 Å². The molecule has 1 atom stereocenters. The summed E-state index contributed by atoms with van der Waals surface area (Å²) in [6.45, 7) is 14.6. The number of nitrogens with one attached hydrogen (secondary N) is 1. The van der Waals surface area contributed by atoms with Gasteiger partial charge in [-0.05, 0) is 34.9 Å². The Morgan fingerprint density at radius 1 is 1.17 bits per heavy atom. The van der Waals surface area contributed by atoms with Crippen molar-refractivity contribution in [1.29, 1.82) is 0 Å². The molecule has 1 aromatic carbocycles. The zero-order valence-electron chi connectivity index (χ0n) is 15.5. The summed E-state index contributed by atoms with van der Waals surface area (Å²) in [5.41, 5.74) is 2.32. The summed E-state index contributed by atoms with van der Waals surface area (Å²) >= 11 is 0. The van der Waals surface area contributed by atoms with Crippen LogP contribution in [-0.4, -0.2) is 30.3 Å². The van der Waals surface area contributed by atoms with Gasteiger partial charge in [-0.1, -0.05) is 53.7 Å². The number of amides is 1. The third-order valence-electron chi connectivity index (χ3n) is 3.69. The van der Waals surface area contributed by atoms with Gasteiger partial charge in [0.15, 0.2) is 6.61 Å². The molecule has 4 nitrogen and oxygen atoms in total.